The van der Waals surface area contributed by atoms with E-state index in [0.717, 1.165) is 144 Å². The summed E-state index contributed by atoms with van der Waals surface area (Å²) < 4.78 is 23.9. The van der Waals surface area contributed by atoms with Crippen molar-refractivity contribution in [2.75, 3.05) is 0 Å². The van der Waals surface area contributed by atoms with Crippen molar-refractivity contribution in [3.63, 3.8) is 0 Å². The normalized spacial score (nSPS) is 11.7. The van der Waals surface area contributed by atoms with Crippen LogP contribution >= 0.6 is 0 Å². The van der Waals surface area contributed by atoms with Gasteiger partial charge in [-0.25, -0.2) is 9.97 Å². The Morgan fingerprint density at radius 3 is 0.596 bits per heavy atom. The van der Waals surface area contributed by atoms with Gasteiger partial charge in [-0.3, -0.25) is 19.2 Å². The van der Waals surface area contributed by atoms with Crippen molar-refractivity contribution in [1.82, 2.24) is 19.9 Å². The molecule has 554 valence electrons. The molecule has 0 fully saturated rings. The van der Waals surface area contributed by atoms with Crippen LogP contribution in [0.25, 0.3) is 90.9 Å². The van der Waals surface area contributed by atoms with Gasteiger partial charge < -0.3 is 28.9 Å². The van der Waals surface area contributed by atoms with Crippen LogP contribution in [0.15, 0.2) is 121 Å². The van der Waals surface area contributed by atoms with Crippen molar-refractivity contribution in [3.05, 3.63) is 144 Å². The van der Waals surface area contributed by atoms with E-state index in [-0.39, 0.29) is 23.9 Å². The summed E-state index contributed by atoms with van der Waals surface area (Å²) >= 11 is 0. The van der Waals surface area contributed by atoms with Crippen LogP contribution in [0.2, 0.25) is 0 Å². The second-order valence-electron chi connectivity index (χ2n) is 28.8. The molecule has 0 saturated carbocycles. The van der Waals surface area contributed by atoms with Crippen LogP contribution in [-0.4, -0.2) is 43.8 Å². The third-order valence-electron chi connectivity index (χ3n) is 20.2. The fourth-order valence-corrected chi connectivity index (χ4v) is 14.2. The number of unbranched alkanes of at least 4 members (excludes halogenated alkanes) is 32. The molecule has 2 aliphatic heterocycles. The van der Waals surface area contributed by atoms with Crippen LogP contribution in [0.3, 0.4) is 0 Å². The Labute approximate surface area is 621 Å². The van der Waals surface area contributed by atoms with E-state index >= 15 is 0 Å². The number of carbonyl (C=O) groups excluding carboxylic acids is 4. The lowest BCUT2D eigenvalue weighted by Crippen LogP contribution is -2.07. The van der Waals surface area contributed by atoms with Crippen LogP contribution in [0, 0.1) is 0 Å². The van der Waals surface area contributed by atoms with Gasteiger partial charge in [-0.1, -0.05) is 282 Å². The fourth-order valence-electron chi connectivity index (χ4n) is 14.2. The summed E-state index contributed by atoms with van der Waals surface area (Å²) in [5, 5.41) is 0. The van der Waals surface area contributed by atoms with Crippen molar-refractivity contribution < 1.29 is 38.1 Å². The highest BCUT2D eigenvalue weighted by atomic mass is 16.5. The van der Waals surface area contributed by atoms with Gasteiger partial charge in [0, 0.05) is 70.0 Å². The zero-order chi connectivity index (χ0) is 72.8. The Morgan fingerprint density at radius 2 is 0.413 bits per heavy atom. The van der Waals surface area contributed by atoms with Crippen molar-refractivity contribution in [3.8, 4) is 67.5 Å². The lowest BCUT2D eigenvalue weighted by molar-refractivity contribution is -0.135. The Kier molecular flexibility index (Phi) is 34.3. The van der Waals surface area contributed by atoms with Crippen LogP contribution in [0.1, 0.15) is 307 Å². The Morgan fingerprint density at radius 1 is 0.240 bits per heavy atom. The van der Waals surface area contributed by atoms with E-state index in [1.807, 2.05) is 121 Å². The second-order valence-corrected chi connectivity index (χ2v) is 28.8. The van der Waals surface area contributed by atoms with Crippen molar-refractivity contribution in [2.24, 2.45) is 0 Å². The third kappa shape index (κ3) is 25.9. The molecule has 12 nitrogen and oxygen atoms in total. The predicted octanol–water partition coefficient (Wildman–Crippen LogP) is 26.6. The van der Waals surface area contributed by atoms with Gasteiger partial charge >= 0.3 is 23.9 Å². The zero-order valence-corrected chi connectivity index (χ0v) is 63.3. The number of ether oxygens (including phenoxy) is 4. The van der Waals surface area contributed by atoms with E-state index in [1.165, 1.54) is 154 Å². The first kappa shape index (κ1) is 79.5. The topological polar surface area (TPSA) is 163 Å². The van der Waals surface area contributed by atoms with Crippen molar-refractivity contribution in [1.29, 1.82) is 0 Å². The Balaban J connectivity index is 1.08. The van der Waals surface area contributed by atoms with Crippen molar-refractivity contribution >= 4 is 70.2 Å². The maximum Gasteiger partial charge on any atom is 0.311 e. The van der Waals surface area contributed by atoms with Gasteiger partial charge in [-0.15, -0.1) is 0 Å². The van der Waals surface area contributed by atoms with E-state index in [0.29, 0.717) is 71.5 Å². The van der Waals surface area contributed by atoms with Crippen LogP contribution in [0.4, 0.5) is 0 Å². The highest BCUT2D eigenvalue weighted by Crippen LogP contribution is 2.40. The summed E-state index contributed by atoms with van der Waals surface area (Å²) in [6.45, 7) is 8.97. The molecular formula is C92H118N4O8. The standard InChI is InChI=1S/C92H118N4O8/c1-5-9-13-17-21-25-29-33-37-41-85(97)101-73-53-45-69(46-54-73)89-77-61-63-79(93-77)90(70-47-55-74(56-48-70)102-86(98)42-38-34-30-26-22-18-14-10-6-2)81-65-67-83(95-81)92(72-51-59-76(60-52-72)104-88(100)44-40-36-32-28-24-20-16-12-8-4)84-68-66-82(96-84)91(80-64-62-78(89)94-80)71-49-57-75(58-50-71)103-87(99)43-39-35-31-27-23-19-15-11-7-3/h45-68,93,96H,5-44H2,1-4H3. The van der Waals surface area contributed by atoms with Crippen molar-refractivity contribution in [2.45, 2.75) is 285 Å². The molecule has 3 aromatic heterocycles. The Hall–Kier alpha value is -8.64. The number of hydrogen-bond donors (Lipinski definition) is 2. The summed E-state index contributed by atoms with van der Waals surface area (Å²) in [7, 11) is 0. The maximum absolute atomic E-state index is 13.3. The van der Waals surface area contributed by atoms with E-state index in [4.69, 9.17) is 28.9 Å². The molecular weight excluding hydrogens is 1290 g/mol. The van der Waals surface area contributed by atoms with Gasteiger partial charge in [0.15, 0.2) is 0 Å². The molecule has 0 unspecified atom stereocenters. The molecule has 0 saturated heterocycles. The number of fused-ring (bicyclic) bond motifs is 8. The number of aromatic amines is 2. The van der Waals surface area contributed by atoms with Gasteiger partial charge in [-0.05, 0) is 145 Å². The first-order valence-electron chi connectivity index (χ1n) is 40.5. The first-order chi connectivity index (χ1) is 51.1. The molecule has 0 amide bonds. The molecule has 4 aromatic carbocycles. The number of aromatic nitrogens is 4. The van der Waals surface area contributed by atoms with E-state index in [2.05, 4.69) is 61.9 Å². The molecule has 2 N–H and O–H groups in total. The zero-order valence-electron chi connectivity index (χ0n) is 63.3. The SMILES string of the molecule is CCCCCCCCCCCC(=O)Oc1ccc(-c2c3nc(c(-c4ccc(OC(=O)CCCCCCCCCCC)cc4)c4ccc([nH]4)c(-c4ccc(OC(=O)CCCCCCCCCCC)cc4)c4nc(c(-c5ccc(OC(=O)CCCCCCCCCCC)cc5)c5ccc2[nH]5)C=C4)C=C3)cc1. The molecule has 8 bridgehead atoms. The Bertz CT molecular complexity index is 3500. The number of rotatable bonds is 48. The molecule has 7 aromatic rings. The van der Waals surface area contributed by atoms with E-state index in [1.54, 1.807) is 0 Å². The summed E-state index contributed by atoms with van der Waals surface area (Å²) in [5.41, 5.74) is 12.6. The lowest BCUT2D eigenvalue weighted by atomic mass is 10.0. The number of H-pyrrole nitrogens is 2. The molecule has 0 radical (unpaired) electrons. The number of hydrogen-bond acceptors (Lipinski definition) is 10. The van der Waals surface area contributed by atoms with Crippen LogP contribution in [-0.2, 0) is 19.2 Å². The van der Waals surface area contributed by atoms with E-state index < -0.39 is 0 Å². The fraction of sp³-hybridized carbons (Fsp3) is 0.478. The number of benzene rings is 4. The van der Waals surface area contributed by atoms with Crippen LogP contribution in [0.5, 0.6) is 23.0 Å². The largest absolute Gasteiger partial charge is 0.427 e. The number of esters is 4. The number of nitrogens with one attached hydrogen (secondary N) is 2. The second kappa shape index (κ2) is 44.9. The van der Waals surface area contributed by atoms with E-state index in [9.17, 15) is 19.2 Å². The minimum absolute atomic E-state index is 0.238. The van der Waals surface area contributed by atoms with Gasteiger partial charge in [0.2, 0.25) is 0 Å². The summed E-state index contributed by atoms with van der Waals surface area (Å²) in [6.07, 6.45) is 51.7. The maximum atomic E-state index is 13.3. The highest BCUT2D eigenvalue weighted by Gasteiger charge is 2.21. The molecule has 104 heavy (non-hydrogen) atoms. The van der Waals surface area contributed by atoms with Crippen LogP contribution < -0.4 is 18.9 Å². The smallest absolute Gasteiger partial charge is 0.311 e. The number of carbonyl (C=O) groups is 4. The summed E-state index contributed by atoms with van der Waals surface area (Å²) in [4.78, 5) is 71.9. The average molecular weight is 1410 g/mol. The third-order valence-corrected chi connectivity index (χ3v) is 20.2. The minimum atomic E-state index is -0.238. The van der Waals surface area contributed by atoms with Gasteiger partial charge in [0.25, 0.3) is 0 Å². The molecule has 9 rings (SSSR count). The molecule has 12 heteroatoms. The summed E-state index contributed by atoms with van der Waals surface area (Å²) in [6, 6.07) is 39.0. The average Bonchev–Trinajstić information content (AvgIpc) is 1.62. The number of nitrogens with zero attached hydrogens (tertiary/aromatic N) is 2. The molecule has 5 heterocycles. The minimum Gasteiger partial charge on any atom is -0.427 e. The van der Waals surface area contributed by atoms with Gasteiger partial charge in [0.05, 0.1) is 22.8 Å². The first-order valence-corrected chi connectivity index (χ1v) is 40.5. The predicted molar refractivity (Wildman–Crippen MR) is 431 cm³/mol. The molecule has 0 aliphatic carbocycles. The van der Waals surface area contributed by atoms with Gasteiger partial charge in [-0.2, -0.15) is 0 Å². The lowest BCUT2D eigenvalue weighted by Gasteiger charge is -2.09. The molecule has 2 aliphatic rings. The highest BCUT2D eigenvalue weighted by molar-refractivity contribution is 6.00. The molecule has 0 atom stereocenters. The quantitative estimate of drug-likeness (QED) is 0.0213. The van der Waals surface area contributed by atoms with Gasteiger partial charge in [0.1, 0.15) is 23.0 Å². The monoisotopic (exact) mass is 1410 g/mol. The summed E-state index contributed by atoms with van der Waals surface area (Å²) in [5.74, 6) is 0.951. The molecule has 0 spiro atoms.